The minimum absolute atomic E-state index is 0.0713. The van der Waals surface area contributed by atoms with Gasteiger partial charge in [0.1, 0.15) is 0 Å². The van der Waals surface area contributed by atoms with Gasteiger partial charge in [-0.3, -0.25) is 14.5 Å². The van der Waals surface area contributed by atoms with E-state index in [1.54, 1.807) is 19.2 Å². The van der Waals surface area contributed by atoms with Crippen LogP contribution in [0.5, 0.6) is 0 Å². The number of hydrogen-bond acceptors (Lipinski definition) is 4. The number of benzene rings is 1. The van der Waals surface area contributed by atoms with Crippen molar-refractivity contribution in [3.8, 4) is 0 Å². The maximum atomic E-state index is 11.9. The van der Waals surface area contributed by atoms with Crippen LogP contribution in [0.25, 0.3) is 0 Å². The van der Waals surface area contributed by atoms with Crippen molar-refractivity contribution < 1.29 is 9.59 Å². The molecule has 5 N–H and O–H groups in total. The van der Waals surface area contributed by atoms with Crippen molar-refractivity contribution in [2.45, 2.75) is 19.9 Å². The lowest BCUT2D eigenvalue weighted by atomic mass is 9.89. The first-order valence-corrected chi connectivity index (χ1v) is 6.98. The van der Waals surface area contributed by atoms with Gasteiger partial charge in [0.25, 0.3) is 0 Å². The van der Waals surface area contributed by atoms with E-state index < -0.39 is 5.91 Å². The van der Waals surface area contributed by atoms with E-state index in [9.17, 15) is 9.59 Å². The van der Waals surface area contributed by atoms with Gasteiger partial charge in [0.2, 0.25) is 11.8 Å². The second-order valence-corrected chi connectivity index (χ2v) is 5.88. The van der Waals surface area contributed by atoms with Crippen molar-refractivity contribution >= 4 is 17.5 Å². The van der Waals surface area contributed by atoms with E-state index in [1.165, 1.54) is 0 Å². The van der Waals surface area contributed by atoms with Gasteiger partial charge in [-0.15, -0.1) is 0 Å². The highest BCUT2D eigenvalue weighted by Gasteiger charge is 2.39. The average molecular weight is 290 g/mol. The molecule has 1 unspecified atom stereocenters. The highest BCUT2D eigenvalue weighted by molar-refractivity contribution is 5.93. The van der Waals surface area contributed by atoms with Gasteiger partial charge in [-0.2, -0.15) is 0 Å². The lowest BCUT2D eigenvalue weighted by Crippen LogP contribution is -2.39. The van der Waals surface area contributed by atoms with Crippen LogP contribution in [0, 0.1) is 5.41 Å². The number of nitrogens with one attached hydrogen (secondary N) is 1. The molecule has 1 saturated heterocycles. The Bertz CT molecular complexity index is 573. The van der Waals surface area contributed by atoms with Crippen molar-refractivity contribution in [3.63, 3.8) is 0 Å². The fourth-order valence-electron chi connectivity index (χ4n) is 2.81. The molecule has 6 heteroatoms. The van der Waals surface area contributed by atoms with Crippen LogP contribution in [0.15, 0.2) is 18.2 Å². The third-order valence-electron chi connectivity index (χ3n) is 4.15. The summed E-state index contributed by atoms with van der Waals surface area (Å²) in [6, 6.07) is 5.11. The fourth-order valence-corrected chi connectivity index (χ4v) is 2.81. The van der Waals surface area contributed by atoms with Gasteiger partial charge in [-0.25, -0.2) is 0 Å². The van der Waals surface area contributed by atoms with E-state index in [0.29, 0.717) is 24.3 Å². The Morgan fingerprint density at radius 3 is 2.71 bits per heavy atom. The lowest BCUT2D eigenvalue weighted by molar-refractivity contribution is -0.129. The molecule has 1 aliphatic rings. The number of nitrogens with two attached hydrogens (primary N) is 2. The number of nitrogens with zero attached hydrogens (tertiary/aromatic N) is 1. The van der Waals surface area contributed by atoms with E-state index in [-0.39, 0.29) is 11.3 Å². The SMILES string of the molecule is CNC(=O)C1(C)CCN(Cc2ccc(C(N)=O)cc2N)C1. The Labute approximate surface area is 124 Å². The zero-order valence-corrected chi connectivity index (χ0v) is 12.5. The molecule has 0 radical (unpaired) electrons. The third-order valence-corrected chi connectivity index (χ3v) is 4.15. The summed E-state index contributed by atoms with van der Waals surface area (Å²) in [7, 11) is 1.66. The Balaban J connectivity index is 2.07. The molecule has 1 aromatic rings. The Kier molecular flexibility index (Phi) is 4.18. The van der Waals surface area contributed by atoms with Crippen LogP contribution < -0.4 is 16.8 Å². The molecule has 1 atom stereocenters. The van der Waals surface area contributed by atoms with E-state index in [1.807, 2.05) is 13.0 Å². The molecular weight excluding hydrogens is 268 g/mol. The van der Waals surface area contributed by atoms with Crippen molar-refractivity contribution in [1.82, 2.24) is 10.2 Å². The molecule has 0 aliphatic carbocycles. The summed E-state index contributed by atoms with van der Waals surface area (Å²) in [4.78, 5) is 25.2. The van der Waals surface area contributed by atoms with Gasteiger partial charge in [0.15, 0.2) is 0 Å². The van der Waals surface area contributed by atoms with E-state index in [2.05, 4.69) is 10.2 Å². The van der Waals surface area contributed by atoms with Gasteiger partial charge in [-0.05, 0) is 37.6 Å². The largest absolute Gasteiger partial charge is 0.398 e. The molecule has 0 spiro atoms. The van der Waals surface area contributed by atoms with Crippen molar-refractivity contribution in [1.29, 1.82) is 0 Å². The molecule has 21 heavy (non-hydrogen) atoms. The highest BCUT2D eigenvalue weighted by Crippen LogP contribution is 2.31. The predicted molar refractivity (Wildman–Crippen MR) is 81.4 cm³/mol. The highest BCUT2D eigenvalue weighted by atomic mass is 16.2. The standard InChI is InChI=1S/C15H22N4O2/c1-15(14(21)18-2)5-6-19(9-15)8-11-4-3-10(13(17)20)7-12(11)16/h3-4,7H,5-6,8-9,16H2,1-2H3,(H2,17,20)(H,18,21). The minimum atomic E-state index is -0.485. The van der Waals surface area contributed by atoms with Crippen LogP contribution in [-0.2, 0) is 11.3 Å². The summed E-state index contributed by atoms with van der Waals surface area (Å²) in [5, 5.41) is 2.72. The van der Waals surface area contributed by atoms with Crippen LogP contribution >= 0.6 is 0 Å². The number of amides is 2. The molecule has 1 heterocycles. The lowest BCUT2D eigenvalue weighted by Gasteiger charge is -2.23. The van der Waals surface area contributed by atoms with Gasteiger partial charge in [-0.1, -0.05) is 6.07 Å². The number of anilines is 1. The first kappa shape index (κ1) is 15.3. The average Bonchev–Trinajstić information content (AvgIpc) is 2.82. The quantitative estimate of drug-likeness (QED) is 0.695. The number of primary amides is 1. The molecule has 2 rings (SSSR count). The number of carbonyl (C=O) groups is 2. The zero-order chi connectivity index (χ0) is 15.6. The Morgan fingerprint density at radius 2 is 2.14 bits per heavy atom. The second-order valence-electron chi connectivity index (χ2n) is 5.88. The molecule has 2 amide bonds. The molecule has 0 aromatic heterocycles. The molecule has 1 aliphatic heterocycles. The van der Waals surface area contributed by atoms with E-state index in [0.717, 1.165) is 18.5 Å². The van der Waals surface area contributed by atoms with Gasteiger partial charge in [0.05, 0.1) is 5.41 Å². The predicted octanol–water partition coefficient (Wildman–Crippen LogP) is 0.326. The van der Waals surface area contributed by atoms with Crippen molar-refractivity contribution in [2.24, 2.45) is 11.1 Å². The Morgan fingerprint density at radius 1 is 1.43 bits per heavy atom. The van der Waals surface area contributed by atoms with E-state index >= 15 is 0 Å². The number of rotatable bonds is 4. The molecule has 0 bridgehead atoms. The summed E-state index contributed by atoms with van der Waals surface area (Å²) in [5.41, 5.74) is 12.8. The van der Waals surface area contributed by atoms with Crippen LogP contribution in [0.4, 0.5) is 5.69 Å². The number of hydrogen-bond donors (Lipinski definition) is 3. The summed E-state index contributed by atoms with van der Waals surface area (Å²) in [6.45, 7) is 4.19. The number of nitrogen functional groups attached to an aromatic ring is 1. The minimum Gasteiger partial charge on any atom is -0.398 e. The second kappa shape index (κ2) is 5.73. The van der Waals surface area contributed by atoms with Crippen LogP contribution in [0.1, 0.15) is 29.3 Å². The normalized spacial score (nSPS) is 22.2. The van der Waals surface area contributed by atoms with Crippen LogP contribution in [0.3, 0.4) is 0 Å². The maximum Gasteiger partial charge on any atom is 0.248 e. The maximum absolute atomic E-state index is 11.9. The Hall–Kier alpha value is -2.08. The van der Waals surface area contributed by atoms with Gasteiger partial charge >= 0.3 is 0 Å². The summed E-state index contributed by atoms with van der Waals surface area (Å²) in [6.07, 6.45) is 0.825. The number of likely N-dealkylation sites (tertiary alicyclic amines) is 1. The summed E-state index contributed by atoms with van der Waals surface area (Å²) < 4.78 is 0. The first-order chi connectivity index (χ1) is 9.85. The van der Waals surface area contributed by atoms with Crippen molar-refractivity contribution in [2.75, 3.05) is 25.9 Å². The van der Waals surface area contributed by atoms with Gasteiger partial charge < -0.3 is 16.8 Å². The molecule has 114 valence electrons. The van der Waals surface area contributed by atoms with Gasteiger partial charge in [0, 0.05) is 31.4 Å². The smallest absolute Gasteiger partial charge is 0.248 e. The molecule has 1 aromatic carbocycles. The monoisotopic (exact) mass is 290 g/mol. The first-order valence-electron chi connectivity index (χ1n) is 6.98. The van der Waals surface area contributed by atoms with E-state index in [4.69, 9.17) is 11.5 Å². The fraction of sp³-hybridized carbons (Fsp3) is 0.467. The summed E-state index contributed by atoms with van der Waals surface area (Å²) >= 11 is 0. The number of carbonyl (C=O) groups excluding carboxylic acids is 2. The molecule has 1 fully saturated rings. The molecular formula is C15H22N4O2. The summed E-state index contributed by atoms with van der Waals surface area (Å²) in [5.74, 6) is -0.413. The van der Waals surface area contributed by atoms with Crippen LogP contribution in [-0.4, -0.2) is 36.9 Å². The topological polar surface area (TPSA) is 101 Å². The zero-order valence-electron chi connectivity index (χ0n) is 12.5. The van der Waals surface area contributed by atoms with Crippen LogP contribution in [0.2, 0.25) is 0 Å². The molecule has 6 nitrogen and oxygen atoms in total. The molecule has 0 saturated carbocycles. The van der Waals surface area contributed by atoms with Crippen molar-refractivity contribution in [3.05, 3.63) is 29.3 Å². The third kappa shape index (κ3) is 3.16.